The summed E-state index contributed by atoms with van der Waals surface area (Å²) in [6.45, 7) is 1.80. The quantitative estimate of drug-likeness (QED) is 0.166. The summed E-state index contributed by atoms with van der Waals surface area (Å²) < 4.78 is 16.0. The SMILES string of the molecule is Cc1ncc(CNC(=O)[C@H](CCCCNC(=O)O)NC(=O)O)n1-c1ccc(Cl)cc1C(=O)c1ccccc1F. The minimum absolute atomic E-state index is 0.0615. The number of ketones is 1. The first-order valence-electron chi connectivity index (χ1n) is 11.9. The molecule has 0 radical (unpaired) electrons. The number of carbonyl (C=O) groups is 4. The molecule has 3 aromatic rings. The van der Waals surface area contributed by atoms with E-state index in [4.69, 9.17) is 21.8 Å². The number of carbonyl (C=O) groups excluding carboxylic acids is 2. The molecule has 1 atom stereocenters. The van der Waals surface area contributed by atoms with Gasteiger partial charge < -0.3 is 26.2 Å². The Morgan fingerprint density at radius 2 is 1.77 bits per heavy atom. The van der Waals surface area contributed by atoms with Gasteiger partial charge >= 0.3 is 12.2 Å². The number of aromatic nitrogens is 2. The second-order valence-electron chi connectivity index (χ2n) is 8.55. The molecule has 0 aliphatic rings. The normalized spacial score (nSPS) is 11.5. The highest BCUT2D eigenvalue weighted by Gasteiger charge is 2.23. The van der Waals surface area contributed by atoms with Crippen LogP contribution in [-0.4, -0.2) is 56.2 Å². The maximum absolute atomic E-state index is 14.4. The summed E-state index contributed by atoms with van der Waals surface area (Å²) in [5.74, 6) is -1.38. The summed E-state index contributed by atoms with van der Waals surface area (Å²) in [6.07, 6.45) is -0.0909. The van der Waals surface area contributed by atoms with Gasteiger partial charge in [-0.1, -0.05) is 23.7 Å². The summed E-state index contributed by atoms with van der Waals surface area (Å²) in [5.41, 5.74) is 0.847. The lowest BCUT2D eigenvalue weighted by molar-refractivity contribution is -0.123. The predicted molar refractivity (Wildman–Crippen MR) is 140 cm³/mol. The molecule has 3 amide bonds. The molecule has 206 valence electrons. The number of aryl methyl sites for hydroxylation is 1. The Kier molecular flexibility index (Phi) is 9.98. The first kappa shape index (κ1) is 29.1. The molecular formula is C26H27ClFN5O6. The Morgan fingerprint density at radius 1 is 1.03 bits per heavy atom. The zero-order chi connectivity index (χ0) is 28.5. The summed E-state index contributed by atoms with van der Waals surface area (Å²) in [6, 6.07) is 9.11. The maximum Gasteiger partial charge on any atom is 0.405 e. The van der Waals surface area contributed by atoms with Crippen molar-refractivity contribution in [2.24, 2.45) is 0 Å². The van der Waals surface area contributed by atoms with Gasteiger partial charge in [0, 0.05) is 17.1 Å². The van der Waals surface area contributed by atoms with Crippen molar-refractivity contribution in [1.82, 2.24) is 25.5 Å². The zero-order valence-corrected chi connectivity index (χ0v) is 21.7. The van der Waals surface area contributed by atoms with Crippen LogP contribution in [0.25, 0.3) is 5.69 Å². The fourth-order valence-electron chi connectivity index (χ4n) is 4.01. The molecular weight excluding hydrogens is 533 g/mol. The van der Waals surface area contributed by atoms with Gasteiger partial charge in [0.05, 0.1) is 29.7 Å². The molecule has 0 saturated heterocycles. The summed E-state index contributed by atoms with van der Waals surface area (Å²) in [7, 11) is 0. The molecule has 1 aromatic heterocycles. The number of hydrogen-bond acceptors (Lipinski definition) is 5. The smallest absolute Gasteiger partial charge is 0.405 e. The van der Waals surface area contributed by atoms with Gasteiger partial charge in [0.15, 0.2) is 5.78 Å². The molecule has 0 bridgehead atoms. The molecule has 0 aliphatic carbocycles. The van der Waals surface area contributed by atoms with Crippen LogP contribution in [0.3, 0.4) is 0 Å². The van der Waals surface area contributed by atoms with Gasteiger partial charge in [-0.3, -0.25) is 14.2 Å². The molecule has 0 fully saturated rings. The number of rotatable bonds is 12. The summed E-state index contributed by atoms with van der Waals surface area (Å²) in [5, 5.41) is 25.1. The van der Waals surface area contributed by atoms with E-state index < -0.39 is 35.7 Å². The monoisotopic (exact) mass is 559 g/mol. The van der Waals surface area contributed by atoms with Crippen LogP contribution < -0.4 is 16.0 Å². The summed E-state index contributed by atoms with van der Waals surface area (Å²) >= 11 is 6.17. The highest BCUT2D eigenvalue weighted by molar-refractivity contribution is 6.31. The third-order valence-corrected chi connectivity index (χ3v) is 6.06. The largest absolute Gasteiger partial charge is 0.465 e. The van der Waals surface area contributed by atoms with E-state index in [2.05, 4.69) is 20.9 Å². The number of halogens is 2. The molecule has 1 heterocycles. The molecule has 39 heavy (non-hydrogen) atoms. The Bertz CT molecular complexity index is 1380. The first-order chi connectivity index (χ1) is 18.6. The number of unbranched alkanes of at least 4 members (excludes halogenated alkanes) is 1. The van der Waals surface area contributed by atoms with Crippen molar-refractivity contribution in [3.8, 4) is 5.69 Å². The van der Waals surface area contributed by atoms with Crippen molar-refractivity contribution in [2.45, 2.75) is 38.8 Å². The van der Waals surface area contributed by atoms with Gasteiger partial charge in [-0.15, -0.1) is 0 Å². The third-order valence-electron chi connectivity index (χ3n) is 5.83. The second kappa shape index (κ2) is 13.4. The van der Waals surface area contributed by atoms with E-state index in [1.54, 1.807) is 29.7 Å². The minimum atomic E-state index is -1.38. The lowest BCUT2D eigenvalue weighted by atomic mass is 10.0. The lowest BCUT2D eigenvalue weighted by Crippen LogP contribution is -2.46. The van der Waals surface area contributed by atoms with Crippen molar-refractivity contribution >= 4 is 35.5 Å². The van der Waals surface area contributed by atoms with Crippen molar-refractivity contribution < 1.29 is 33.8 Å². The average Bonchev–Trinajstić information content (AvgIpc) is 3.25. The van der Waals surface area contributed by atoms with E-state index in [1.165, 1.54) is 30.5 Å². The molecule has 2 aromatic carbocycles. The Morgan fingerprint density at radius 3 is 2.46 bits per heavy atom. The van der Waals surface area contributed by atoms with Gasteiger partial charge in [-0.05, 0) is 56.5 Å². The fraction of sp³-hybridized carbons (Fsp3) is 0.269. The molecule has 0 spiro atoms. The number of nitrogens with one attached hydrogen (secondary N) is 3. The van der Waals surface area contributed by atoms with Crippen LogP contribution in [0, 0.1) is 12.7 Å². The van der Waals surface area contributed by atoms with Gasteiger partial charge in [0.2, 0.25) is 5.91 Å². The fourth-order valence-corrected chi connectivity index (χ4v) is 4.18. The number of carboxylic acid groups (broad SMARTS) is 2. The molecule has 0 aliphatic heterocycles. The molecule has 5 N–H and O–H groups in total. The van der Waals surface area contributed by atoms with E-state index >= 15 is 0 Å². The average molecular weight is 560 g/mol. The number of amides is 3. The van der Waals surface area contributed by atoms with E-state index in [-0.39, 0.29) is 35.7 Å². The summed E-state index contributed by atoms with van der Waals surface area (Å²) in [4.78, 5) is 52.2. The van der Waals surface area contributed by atoms with Crippen LogP contribution in [0.4, 0.5) is 14.0 Å². The van der Waals surface area contributed by atoms with Gasteiger partial charge in [-0.2, -0.15) is 0 Å². The number of hydrogen-bond donors (Lipinski definition) is 5. The Balaban J connectivity index is 1.81. The number of nitrogens with zero attached hydrogens (tertiary/aromatic N) is 2. The predicted octanol–water partition coefficient (Wildman–Crippen LogP) is 3.89. The molecule has 0 unspecified atom stereocenters. The molecule has 13 heteroatoms. The molecule has 0 saturated carbocycles. The van der Waals surface area contributed by atoms with Crippen LogP contribution in [0.1, 0.15) is 46.7 Å². The van der Waals surface area contributed by atoms with Crippen LogP contribution in [0.15, 0.2) is 48.7 Å². The van der Waals surface area contributed by atoms with E-state index in [1.807, 2.05) is 0 Å². The minimum Gasteiger partial charge on any atom is -0.465 e. The highest BCUT2D eigenvalue weighted by Crippen LogP contribution is 2.26. The lowest BCUT2D eigenvalue weighted by Gasteiger charge is -2.18. The number of imidazole rings is 1. The molecule has 11 nitrogen and oxygen atoms in total. The zero-order valence-electron chi connectivity index (χ0n) is 20.9. The van der Waals surface area contributed by atoms with Gasteiger partial charge in [-0.25, -0.2) is 19.0 Å². The highest BCUT2D eigenvalue weighted by atomic mass is 35.5. The first-order valence-corrected chi connectivity index (χ1v) is 12.3. The Labute approximate surface area is 228 Å². The second-order valence-corrected chi connectivity index (χ2v) is 8.99. The maximum atomic E-state index is 14.4. The van der Waals surface area contributed by atoms with E-state index in [9.17, 15) is 23.6 Å². The van der Waals surface area contributed by atoms with Crippen molar-refractivity contribution in [2.75, 3.05) is 6.54 Å². The standard InChI is InChI=1S/C26H27ClFN5O6/c1-15-30-13-17(14-31-24(35)21(32-26(38)39)8-4-5-11-29-25(36)37)33(15)22-10-9-16(27)12-19(22)23(34)18-6-2-3-7-20(18)28/h2-3,6-7,9-10,12-13,21,29,32H,4-5,8,11,14H2,1H3,(H,31,35)(H,36,37)(H,38,39)/t21-/m0/s1. The van der Waals surface area contributed by atoms with Crippen LogP contribution in [-0.2, 0) is 11.3 Å². The van der Waals surface area contributed by atoms with Gasteiger partial charge in [0.1, 0.15) is 17.7 Å². The van der Waals surface area contributed by atoms with Crippen molar-refractivity contribution in [3.05, 3.63) is 82.1 Å². The Hall–Kier alpha value is -4.45. The number of benzene rings is 2. The van der Waals surface area contributed by atoms with Crippen LogP contribution in [0.2, 0.25) is 5.02 Å². The van der Waals surface area contributed by atoms with Crippen LogP contribution >= 0.6 is 11.6 Å². The topological polar surface area (TPSA) is 163 Å². The van der Waals surface area contributed by atoms with E-state index in [0.717, 1.165) is 0 Å². The van der Waals surface area contributed by atoms with E-state index in [0.29, 0.717) is 30.0 Å². The van der Waals surface area contributed by atoms with Crippen molar-refractivity contribution in [1.29, 1.82) is 0 Å². The van der Waals surface area contributed by atoms with Crippen molar-refractivity contribution in [3.63, 3.8) is 0 Å². The van der Waals surface area contributed by atoms with Crippen LogP contribution in [0.5, 0.6) is 0 Å². The third kappa shape index (κ3) is 7.77. The molecule has 3 rings (SSSR count). The van der Waals surface area contributed by atoms with Gasteiger partial charge in [0.25, 0.3) is 0 Å².